The Morgan fingerprint density at radius 1 is 0.939 bits per heavy atom. The Labute approximate surface area is 199 Å². The lowest BCUT2D eigenvalue weighted by atomic mass is 9.84. The van der Waals surface area contributed by atoms with Gasteiger partial charge in [0, 0.05) is 16.1 Å². The van der Waals surface area contributed by atoms with Gasteiger partial charge >= 0.3 is 0 Å². The van der Waals surface area contributed by atoms with Gasteiger partial charge in [0.1, 0.15) is 11.8 Å². The van der Waals surface area contributed by atoms with E-state index < -0.39 is 17.7 Å². The van der Waals surface area contributed by atoms with Gasteiger partial charge in [0.2, 0.25) is 0 Å². The largest absolute Gasteiger partial charge is 0.507 e. The van der Waals surface area contributed by atoms with Gasteiger partial charge < -0.3 is 5.11 Å². The molecule has 2 heterocycles. The quantitative estimate of drug-likeness (QED) is 0.273. The first-order valence-electron chi connectivity index (χ1n) is 11.0. The lowest BCUT2D eigenvalue weighted by molar-refractivity contribution is -0.132. The third kappa shape index (κ3) is 4.02. The van der Waals surface area contributed by atoms with Crippen molar-refractivity contribution in [2.24, 2.45) is 0 Å². The van der Waals surface area contributed by atoms with Gasteiger partial charge in [-0.05, 0) is 78.1 Å². The first-order chi connectivity index (χ1) is 15.5. The van der Waals surface area contributed by atoms with E-state index in [0.717, 1.165) is 27.1 Å². The molecule has 2 aromatic carbocycles. The van der Waals surface area contributed by atoms with E-state index in [0.29, 0.717) is 11.3 Å². The molecule has 1 aromatic heterocycles. The zero-order valence-electron chi connectivity index (χ0n) is 19.9. The summed E-state index contributed by atoms with van der Waals surface area (Å²) in [5.41, 5.74) is 5.29. The lowest BCUT2D eigenvalue weighted by Crippen LogP contribution is -2.29. The summed E-state index contributed by atoms with van der Waals surface area (Å²) >= 11 is 1.47. The number of Topliss-reactive ketones (excluding diaryl/α,β-unsaturated/α-hetero) is 1. The van der Waals surface area contributed by atoms with E-state index in [2.05, 4.69) is 20.8 Å². The number of ketones is 1. The van der Waals surface area contributed by atoms with Crippen molar-refractivity contribution in [2.75, 3.05) is 4.90 Å². The van der Waals surface area contributed by atoms with Crippen molar-refractivity contribution < 1.29 is 14.7 Å². The molecule has 1 amide bonds. The molecule has 1 unspecified atom stereocenters. The van der Waals surface area contributed by atoms with E-state index in [1.807, 2.05) is 74.7 Å². The SMILES string of the molecule is Cc1ccc(N2C(=O)C(=O)/C(=C(/O)c3cc(C(C)(C)C)ccc3C)C2c2cccs2)cc1C. The number of hydrogen-bond acceptors (Lipinski definition) is 4. The van der Waals surface area contributed by atoms with Crippen LogP contribution in [0.2, 0.25) is 0 Å². The third-order valence-corrected chi connectivity index (χ3v) is 7.31. The predicted molar refractivity (Wildman–Crippen MR) is 135 cm³/mol. The Kier molecular flexibility index (Phi) is 5.79. The van der Waals surface area contributed by atoms with Crippen LogP contribution in [0.1, 0.15) is 59.5 Å². The Balaban J connectivity index is 1.96. The van der Waals surface area contributed by atoms with Gasteiger partial charge in [-0.2, -0.15) is 0 Å². The van der Waals surface area contributed by atoms with Crippen LogP contribution in [0.4, 0.5) is 5.69 Å². The van der Waals surface area contributed by atoms with Gasteiger partial charge in [-0.1, -0.05) is 45.0 Å². The molecule has 5 heteroatoms. The fourth-order valence-corrected chi connectivity index (χ4v) is 5.00. The van der Waals surface area contributed by atoms with Crippen LogP contribution in [-0.4, -0.2) is 16.8 Å². The predicted octanol–water partition coefficient (Wildman–Crippen LogP) is 6.60. The first kappa shape index (κ1) is 23.0. The molecule has 0 aliphatic carbocycles. The Bertz CT molecular complexity index is 1280. The molecule has 1 aliphatic heterocycles. The minimum atomic E-state index is -0.676. The number of carbonyl (C=O) groups is 2. The number of hydrogen-bond donors (Lipinski definition) is 1. The minimum Gasteiger partial charge on any atom is -0.507 e. The molecule has 170 valence electrons. The first-order valence-corrected chi connectivity index (χ1v) is 11.9. The molecule has 0 radical (unpaired) electrons. The van der Waals surface area contributed by atoms with Crippen molar-refractivity contribution in [1.29, 1.82) is 0 Å². The van der Waals surface area contributed by atoms with Crippen LogP contribution in [-0.2, 0) is 15.0 Å². The number of benzene rings is 2. The van der Waals surface area contributed by atoms with Crippen LogP contribution >= 0.6 is 11.3 Å². The Morgan fingerprint density at radius 3 is 2.24 bits per heavy atom. The molecule has 1 atom stereocenters. The van der Waals surface area contributed by atoms with E-state index >= 15 is 0 Å². The molecule has 1 N–H and O–H groups in total. The van der Waals surface area contributed by atoms with E-state index in [9.17, 15) is 14.7 Å². The van der Waals surface area contributed by atoms with Gasteiger partial charge in [0.15, 0.2) is 0 Å². The summed E-state index contributed by atoms with van der Waals surface area (Å²) in [6.45, 7) is 12.2. The number of anilines is 1. The van der Waals surface area contributed by atoms with Gasteiger partial charge in [-0.25, -0.2) is 0 Å². The fraction of sp³-hybridized carbons (Fsp3) is 0.286. The number of thiophene rings is 1. The summed E-state index contributed by atoms with van der Waals surface area (Å²) in [6.07, 6.45) is 0. The van der Waals surface area contributed by atoms with Gasteiger partial charge in [-0.15, -0.1) is 11.3 Å². The Morgan fingerprint density at radius 2 is 1.64 bits per heavy atom. The zero-order chi connectivity index (χ0) is 24.1. The van der Waals surface area contributed by atoms with Gasteiger partial charge in [0.05, 0.1) is 5.57 Å². The molecule has 4 nitrogen and oxygen atoms in total. The highest BCUT2D eigenvalue weighted by molar-refractivity contribution is 7.10. The molecule has 0 saturated carbocycles. The summed E-state index contributed by atoms with van der Waals surface area (Å²) in [5, 5.41) is 13.4. The maximum atomic E-state index is 13.3. The second-order valence-corrected chi connectivity index (χ2v) is 10.7. The van der Waals surface area contributed by atoms with E-state index in [1.165, 1.54) is 16.2 Å². The van der Waals surface area contributed by atoms with E-state index in [4.69, 9.17) is 0 Å². The summed E-state index contributed by atoms with van der Waals surface area (Å²) in [6, 6.07) is 14.8. The molecular weight excluding hydrogens is 430 g/mol. The highest BCUT2D eigenvalue weighted by Gasteiger charge is 2.47. The number of nitrogens with zero attached hydrogens (tertiary/aromatic N) is 1. The smallest absolute Gasteiger partial charge is 0.300 e. The topological polar surface area (TPSA) is 57.6 Å². The van der Waals surface area contributed by atoms with Crippen molar-refractivity contribution in [2.45, 2.75) is 53.0 Å². The van der Waals surface area contributed by atoms with Crippen molar-refractivity contribution in [3.8, 4) is 0 Å². The maximum absolute atomic E-state index is 13.3. The van der Waals surface area contributed by atoms with Gasteiger partial charge in [-0.3, -0.25) is 14.5 Å². The number of aryl methyl sites for hydroxylation is 3. The number of aliphatic hydroxyl groups is 1. The number of carbonyl (C=O) groups excluding carboxylic acids is 2. The van der Waals surface area contributed by atoms with Crippen molar-refractivity contribution in [3.63, 3.8) is 0 Å². The highest BCUT2D eigenvalue weighted by Crippen LogP contribution is 2.44. The zero-order valence-corrected chi connectivity index (χ0v) is 20.7. The standard InChI is InChI=1S/C28H29NO3S/c1-16-10-12-20(14-18(16)3)29-24(22-8-7-13-33-22)23(26(31)27(29)32)25(30)21-15-19(28(4,5)6)11-9-17(21)2/h7-15,24,30H,1-6H3/b25-23+. The van der Waals surface area contributed by atoms with E-state index in [-0.39, 0.29) is 16.7 Å². The second kappa shape index (κ2) is 8.31. The minimum absolute atomic E-state index is 0.123. The van der Waals surface area contributed by atoms with Crippen LogP contribution < -0.4 is 4.90 Å². The maximum Gasteiger partial charge on any atom is 0.300 e. The second-order valence-electron chi connectivity index (χ2n) is 9.73. The summed E-state index contributed by atoms with van der Waals surface area (Å²) in [5.74, 6) is -1.41. The van der Waals surface area contributed by atoms with Crippen LogP contribution in [0.15, 0.2) is 59.5 Å². The fourth-order valence-electron chi connectivity index (χ4n) is 4.18. The van der Waals surface area contributed by atoms with Crippen molar-refractivity contribution in [1.82, 2.24) is 0 Å². The van der Waals surface area contributed by atoms with Crippen LogP contribution in [0.5, 0.6) is 0 Å². The van der Waals surface area contributed by atoms with Crippen LogP contribution in [0.25, 0.3) is 5.76 Å². The van der Waals surface area contributed by atoms with Crippen molar-refractivity contribution >= 4 is 34.5 Å². The molecule has 1 fully saturated rings. The highest BCUT2D eigenvalue weighted by atomic mass is 32.1. The van der Waals surface area contributed by atoms with Gasteiger partial charge in [0.25, 0.3) is 11.7 Å². The average Bonchev–Trinajstić information content (AvgIpc) is 3.36. The Hall–Kier alpha value is -3.18. The van der Waals surface area contributed by atoms with Crippen molar-refractivity contribution in [3.05, 3.63) is 92.2 Å². The molecular formula is C28H29NO3S. The number of aliphatic hydroxyl groups excluding tert-OH is 1. The van der Waals surface area contributed by atoms with Crippen LogP contribution in [0.3, 0.4) is 0 Å². The van der Waals surface area contributed by atoms with E-state index in [1.54, 1.807) is 0 Å². The monoisotopic (exact) mass is 459 g/mol. The third-order valence-electron chi connectivity index (χ3n) is 6.38. The average molecular weight is 460 g/mol. The lowest BCUT2D eigenvalue weighted by Gasteiger charge is -2.25. The molecule has 0 spiro atoms. The van der Waals surface area contributed by atoms with Crippen LogP contribution in [0, 0.1) is 20.8 Å². The summed E-state index contributed by atoms with van der Waals surface area (Å²) in [7, 11) is 0. The molecule has 0 bridgehead atoms. The molecule has 33 heavy (non-hydrogen) atoms. The normalized spacial score (nSPS) is 18.2. The summed E-state index contributed by atoms with van der Waals surface area (Å²) in [4.78, 5) is 29.0. The summed E-state index contributed by atoms with van der Waals surface area (Å²) < 4.78 is 0. The molecule has 3 aromatic rings. The number of amides is 1. The molecule has 1 aliphatic rings. The number of rotatable bonds is 3. The molecule has 4 rings (SSSR count). The molecule has 1 saturated heterocycles.